The number of aromatic nitrogens is 4. The molecule has 2 aromatic rings. The Hall–Kier alpha value is -1.76. The number of quaternary nitrogens is 2. The van der Waals surface area contributed by atoms with Crippen LogP contribution in [0, 0.1) is 13.8 Å². The predicted octanol–water partition coefficient (Wildman–Crippen LogP) is -3.21. The van der Waals surface area contributed by atoms with E-state index < -0.39 is 0 Å². The van der Waals surface area contributed by atoms with Gasteiger partial charge in [-0.25, -0.2) is 9.59 Å². The molecule has 2 aromatic heterocycles. The highest BCUT2D eigenvalue weighted by molar-refractivity contribution is 5.00. The van der Waals surface area contributed by atoms with Gasteiger partial charge in [0.25, 0.3) is 11.1 Å². The van der Waals surface area contributed by atoms with Gasteiger partial charge in [0.05, 0.1) is 54.4 Å². The van der Waals surface area contributed by atoms with E-state index in [0.29, 0.717) is 13.1 Å². The van der Waals surface area contributed by atoms with Crippen molar-refractivity contribution < 1.29 is 42.9 Å². The third-order valence-electron chi connectivity index (χ3n) is 8.78. The molecule has 0 saturated heterocycles. The lowest BCUT2D eigenvalue weighted by atomic mass is 10.1. The summed E-state index contributed by atoms with van der Waals surface area (Å²) in [7, 11) is 12.3. The molecule has 0 atom stereocenters. The van der Waals surface area contributed by atoms with Gasteiger partial charge in [-0.2, -0.15) is 0 Å². The zero-order chi connectivity index (χ0) is 31.5. The molecule has 2 heterocycles. The lowest BCUT2D eigenvalue weighted by Crippen LogP contribution is -3.00. The molecule has 0 amide bonds. The molecule has 0 fully saturated rings. The molecular weight excluding hydrogens is 692 g/mol. The van der Waals surface area contributed by atoms with Gasteiger partial charge in [-0.15, -0.1) is 0 Å². The van der Waals surface area contributed by atoms with Gasteiger partial charge in [0.1, 0.15) is 0 Å². The van der Waals surface area contributed by atoms with Crippen LogP contribution in [0.15, 0.2) is 31.3 Å². The van der Waals surface area contributed by atoms with Gasteiger partial charge in [-0.1, -0.05) is 0 Å². The maximum atomic E-state index is 12.3. The topological polar surface area (TPSA) is 88.0 Å². The van der Waals surface area contributed by atoms with Gasteiger partial charge in [-0.3, -0.25) is 27.9 Å². The van der Waals surface area contributed by atoms with Crippen molar-refractivity contribution in [3.63, 3.8) is 0 Å². The van der Waals surface area contributed by atoms with Crippen LogP contribution in [0.3, 0.4) is 0 Å². The molecule has 44 heavy (non-hydrogen) atoms. The lowest BCUT2D eigenvalue weighted by molar-refractivity contribution is -0.891. The van der Waals surface area contributed by atoms with E-state index in [4.69, 9.17) is 0 Å². The minimum Gasteiger partial charge on any atom is -1.00 e. The number of rotatable bonds is 19. The third kappa shape index (κ3) is 13.7. The second-order valence-electron chi connectivity index (χ2n) is 13.5. The van der Waals surface area contributed by atoms with E-state index in [1.165, 1.54) is 74.1 Å². The summed E-state index contributed by atoms with van der Waals surface area (Å²) in [6.45, 7) is 9.65. The monoisotopic (exact) mass is 748 g/mol. The molecule has 0 spiro atoms. The molecule has 12 heteroatoms. The summed E-state index contributed by atoms with van der Waals surface area (Å²) in [5.41, 5.74) is 0.557. The molecule has 0 aromatic carbocycles. The van der Waals surface area contributed by atoms with Gasteiger partial charge < -0.3 is 42.9 Å². The van der Waals surface area contributed by atoms with Crippen molar-refractivity contribution in [2.45, 2.75) is 91.1 Å². The lowest BCUT2D eigenvalue weighted by Gasteiger charge is -2.31. The number of hydrogen-bond acceptors (Lipinski definition) is 4. The normalized spacial score (nSPS) is 11.7. The minimum atomic E-state index is -0.242. The summed E-state index contributed by atoms with van der Waals surface area (Å²) < 4.78 is 7.85. The highest BCUT2D eigenvalue weighted by Crippen LogP contribution is 2.12. The van der Waals surface area contributed by atoms with E-state index in [9.17, 15) is 19.2 Å². The van der Waals surface area contributed by atoms with Crippen LogP contribution in [0.2, 0.25) is 0 Å². The van der Waals surface area contributed by atoms with Gasteiger partial charge in [-0.05, 0) is 78.1 Å². The largest absolute Gasteiger partial charge is 1.00 e. The van der Waals surface area contributed by atoms with Crippen LogP contribution in [-0.2, 0) is 27.2 Å². The maximum Gasteiger partial charge on any atom is 0.330 e. The van der Waals surface area contributed by atoms with Crippen LogP contribution in [0.5, 0.6) is 0 Å². The van der Waals surface area contributed by atoms with E-state index >= 15 is 0 Å². The van der Waals surface area contributed by atoms with Gasteiger partial charge in [0.15, 0.2) is 0 Å². The summed E-state index contributed by atoms with van der Waals surface area (Å²) in [6.07, 6.45) is 11.4. The Labute approximate surface area is 285 Å². The third-order valence-corrected chi connectivity index (χ3v) is 8.78. The Balaban J connectivity index is 0.00000924. The first-order valence-corrected chi connectivity index (χ1v) is 15.8. The van der Waals surface area contributed by atoms with Crippen LogP contribution in [-0.4, -0.2) is 81.6 Å². The molecule has 0 saturated carbocycles. The Morgan fingerprint density at radius 2 is 0.773 bits per heavy atom. The average molecular weight is 751 g/mol. The molecule has 0 unspecified atom stereocenters. The van der Waals surface area contributed by atoms with Gasteiger partial charge >= 0.3 is 11.4 Å². The van der Waals surface area contributed by atoms with Crippen LogP contribution in [0.4, 0.5) is 0 Å². The van der Waals surface area contributed by atoms with Crippen molar-refractivity contribution in [2.75, 3.05) is 54.4 Å². The molecule has 0 aliphatic heterocycles. The van der Waals surface area contributed by atoms with E-state index in [1.807, 2.05) is 13.8 Å². The fourth-order valence-electron chi connectivity index (χ4n) is 5.73. The number of nitrogens with zero attached hydrogens (tertiary/aromatic N) is 6. The highest BCUT2D eigenvalue weighted by atomic mass is 79.9. The quantitative estimate of drug-likeness (QED) is 0.112. The first-order chi connectivity index (χ1) is 19.6. The predicted molar refractivity (Wildman–Crippen MR) is 171 cm³/mol. The van der Waals surface area contributed by atoms with Crippen LogP contribution in [0.1, 0.15) is 75.6 Å². The van der Waals surface area contributed by atoms with Crippen molar-refractivity contribution >= 4 is 0 Å². The van der Waals surface area contributed by atoms with Gasteiger partial charge in [0.2, 0.25) is 0 Å². The molecule has 0 radical (unpaired) electrons. The highest BCUT2D eigenvalue weighted by Gasteiger charge is 2.16. The minimum absolute atomic E-state index is 0. The Morgan fingerprint density at radius 3 is 1.07 bits per heavy atom. The van der Waals surface area contributed by atoms with E-state index in [2.05, 4.69) is 28.2 Å². The van der Waals surface area contributed by atoms with Gasteiger partial charge in [0, 0.05) is 50.7 Å². The second-order valence-corrected chi connectivity index (χ2v) is 13.5. The molecule has 2 rings (SSSR count). The summed E-state index contributed by atoms with van der Waals surface area (Å²) in [5.74, 6) is 0. The molecule has 254 valence electrons. The summed E-state index contributed by atoms with van der Waals surface area (Å²) in [5, 5.41) is 0. The SMILES string of the molecule is Cc1cc(=O)n(C)c(=O)n1CCCCC[N+](C)(C)CCCCCC[N+](C)(C)CCCCCn1c(C)cc(=O)n(C)c1=O.[Br-].[Br-]. The van der Waals surface area contributed by atoms with Crippen LogP contribution >= 0.6 is 0 Å². The standard InChI is InChI=1S/C32H58N6O4.2BrH/c1-27-25-29(39)33(3)31(41)35(27)19-13-11-17-23-37(5,6)21-15-9-10-16-22-38(7,8)24-18-12-14-20-36-28(2)26-30(40)34(4)32(36)42;;/h25-26H,9-24H2,1-8H3;2*1H/q+2;;/p-2. The van der Waals surface area contributed by atoms with Crippen molar-refractivity contribution in [3.05, 3.63) is 65.2 Å². The number of halogens is 2. The molecule has 10 nitrogen and oxygen atoms in total. The Morgan fingerprint density at radius 1 is 0.500 bits per heavy atom. The van der Waals surface area contributed by atoms with Crippen molar-refractivity contribution in [1.82, 2.24) is 18.3 Å². The zero-order valence-electron chi connectivity index (χ0n) is 28.5. The summed E-state index contributed by atoms with van der Waals surface area (Å²) in [4.78, 5) is 48.2. The average Bonchev–Trinajstić information content (AvgIpc) is 2.91. The molecule has 0 bridgehead atoms. The Kier molecular flexibility index (Phi) is 18.9. The Bertz CT molecular complexity index is 1290. The number of hydrogen-bond donors (Lipinski definition) is 0. The van der Waals surface area contributed by atoms with Crippen LogP contribution in [0.25, 0.3) is 0 Å². The molecule has 0 aliphatic carbocycles. The molecule has 0 aliphatic rings. The van der Waals surface area contributed by atoms with E-state index in [0.717, 1.165) is 72.0 Å². The smallest absolute Gasteiger partial charge is 0.330 e. The maximum absolute atomic E-state index is 12.3. The zero-order valence-corrected chi connectivity index (χ0v) is 31.7. The van der Waals surface area contributed by atoms with Crippen molar-refractivity contribution in [3.8, 4) is 0 Å². The first kappa shape index (κ1) is 42.2. The summed E-state index contributed by atoms with van der Waals surface area (Å²) in [6, 6.07) is 3.07. The number of aryl methyl sites for hydroxylation is 2. The van der Waals surface area contributed by atoms with Crippen LogP contribution < -0.4 is 56.5 Å². The van der Waals surface area contributed by atoms with E-state index in [1.54, 1.807) is 9.13 Å². The summed E-state index contributed by atoms with van der Waals surface area (Å²) >= 11 is 0. The molecular formula is C32H58Br2N6O4. The van der Waals surface area contributed by atoms with E-state index in [-0.39, 0.29) is 56.5 Å². The fourth-order valence-corrected chi connectivity index (χ4v) is 5.73. The molecule has 0 N–H and O–H groups in total. The second kappa shape index (κ2) is 19.7. The first-order valence-electron chi connectivity index (χ1n) is 15.8. The fraction of sp³-hybridized carbons (Fsp3) is 0.750. The number of unbranched alkanes of at least 4 members (excludes halogenated alkanes) is 7. The van der Waals surface area contributed by atoms with Crippen molar-refractivity contribution in [2.24, 2.45) is 14.1 Å². The van der Waals surface area contributed by atoms with Crippen molar-refractivity contribution in [1.29, 1.82) is 0 Å².